The lowest BCUT2D eigenvalue weighted by atomic mass is 10.1. The molecule has 1 N–H and O–H groups in total. The molecule has 0 aliphatic rings. The Kier molecular flexibility index (Phi) is 2.97. The molecule has 0 saturated carbocycles. The first-order chi connectivity index (χ1) is 6.56. The molecule has 1 heterocycles. The predicted molar refractivity (Wildman–Crippen MR) is 44.9 cm³/mol. The summed E-state index contributed by atoms with van der Waals surface area (Å²) in [5.41, 5.74) is -0.0263. The minimum absolute atomic E-state index is 0.0871. The van der Waals surface area contributed by atoms with E-state index in [0.29, 0.717) is 0 Å². The maximum Gasteiger partial charge on any atom is 0.265 e. The number of pyridine rings is 1. The number of halogens is 2. The van der Waals surface area contributed by atoms with Gasteiger partial charge in [0.25, 0.3) is 6.43 Å². The van der Waals surface area contributed by atoms with Crippen molar-refractivity contribution >= 4 is 0 Å². The third-order valence-electron chi connectivity index (χ3n) is 1.79. The van der Waals surface area contributed by atoms with E-state index in [9.17, 15) is 13.9 Å². The zero-order chi connectivity index (χ0) is 10.7. The maximum atomic E-state index is 12.3. The Bertz CT molecular complexity index is 385. The molecule has 0 saturated heterocycles. The van der Waals surface area contributed by atoms with E-state index < -0.39 is 6.43 Å². The Labute approximate surface area is 79.6 Å². The van der Waals surface area contributed by atoms with Gasteiger partial charge < -0.3 is 5.11 Å². The van der Waals surface area contributed by atoms with Gasteiger partial charge in [0.15, 0.2) is 0 Å². The van der Waals surface area contributed by atoms with E-state index in [0.717, 1.165) is 6.07 Å². The molecule has 0 unspecified atom stereocenters. The van der Waals surface area contributed by atoms with Crippen LogP contribution in [0, 0.1) is 18.3 Å². The first-order valence-corrected chi connectivity index (χ1v) is 3.90. The molecule has 14 heavy (non-hydrogen) atoms. The Morgan fingerprint density at radius 1 is 1.64 bits per heavy atom. The third kappa shape index (κ3) is 1.96. The highest BCUT2D eigenvalue weighted by Gasteiger charge is 2.15. The standard InChI is InChI=1S/C9H8F2N2O/c1-5-6(9(10)11)4-8(14)7(13-5)2-3-12/h4,9,14H,2H2,1H3. The van der Waals surface area contributed by atoms with Gasteiger partial charge in [-0.05, 0) is 13.0 Å². The first kappa shape index (κ1) is 10.4. The Hall–Kier alpha value is -1.70. The molecule has 5 heteroatoms. The summed E-state index contributed by atoms with van der Waals surface area (Å²) >= 11 is 0. The molecule has 0 amide bonds. The number of aromatic hydroxyl groups is 1. The summed E-state index contributed by atoms with van der Waals surface area (Å²) in [5, 5.41) is 17.6. The zero-order valence-electron chi connectivity index (χ0n) is 7.46. The van der Waals surface area contributed by atoms with Gasteiger partial charge in [0.05, 0.1) is 18.2 Å². The van der Waals surface area contributed by atoms with Crippen LogP contribution >= 0.6 is 0 Å². The van der Waals surface area contributed by atoms with E-state index in [1.54, 1.807) is 6.07 Å². The highest BCUT2D eigenvalue weighted by Crippen LogP contribution is 2.27. The van der Waals surface area contributed by atoms with Gasteiger partial charge in [-0.3, -0.25) is 4.98 Å². The summed E-state index contributed by atoms with van der Waals surface area (Å²) in [4.78, 5) is 3.73. The quantitative estimate of drug-likeness (QED) is 0.791. The van der Waals surface area contributed by atoms with Crippen LogP contribution in [0.2, 0.25) is 0 Å². The van der Waals surface area contributed by atoms with Gasteiger partial charge in [-0.25, -0.2) is 8.78 Å². The van der Waals surface area contributed by atoms with E-state index in [2.05, 4.69) is 4.98 Å². The smallest absolute Gasteiger partial charge is 0.265 e. The maximum absolute atomic E-state index is 12.3. The van der Waals surface area contributed by atoms with Crippen molar-refractivity contribution in [2.75, 3.05) is 0 Å². The van der Waals surface area contributed by atoms with Crippen LogP contribution in [0.3, 0.4) is 0 Å². The number of alkyl halides is 2. The highest BCUT2D eigenvalue weighted by atomic mass is 19.3. The summed E-state index contributed by atoms with van der Waals surface area (Å²) in [6.07, 6.45) is -2.75. The zero-order valence-corrected chi connectivity index (χ0v) is 7.46. The molecule has 0 aromatic carbocycles. The van der Waals surface area contributed by atoms with Crippen LogP contribution in [0.25, 0.3) is 0 Å². The van der Waals surface area contributed by atoms with E-state index in [4.69, 9.17) is 5.26 Å². The fraction of sp³-hybridized carbons (Fsp3) is 0.333. The molecule has 1 aromatic heterocycles. The van der Waals surface area contributed by atoms with Gasteiger partial charge >= 0.3 is 0 Å². The second-order valence-corrected chi connectivity index (χ2v) is 2.76. The summed E-state index contributed by atoms with van der Waals surface area (Å²) in [6.45, 7) is 1.42. The normalized spacial score (nSPS) is 10.2. The van der Waals surface area contributed by atoms with Crippen LogP contribution in [0.1, 0.15) is 23.4 Å². The summed E-state index contributed by atoms with van der Waals surface area (Å²) in [5.74, 6) is -0.354. The fourth-order valence-electron chi connectivity index (χ4n) is 1.09. The number of nitrogens with zero attached hydrogens (tertiary/aromatic N) is 2. The first-order valence-electron chi connectivity index (χ1n) is 3.90. The second-order valence-electron chi connectivity index (χ2n) is 2.76. The van der Waals surface area contributed by atoms with Gasteiger partial charge in [0.1, 0.15) is 5.75 Å². The molecule has 0 atom stereocenters. The number of aryl methyl sites for hydroxylation is 1. The average Bonchev–Trinajstić information content (AvgIpc) is 2.10. The van der Waals surface area contributed by atoms with E-state index in [-0.39, 0.29) is 29.1 Å². The molecular formula is C9H8F2N2O. The van der Waals surface area contributed by atoms with Crippen LogP contribution in [0.5, 0.6) is 5.75 Å². The Balaban J connectivity index is 3.18. The molecule has 0 fully saturated rings. The molecule has 1 aromatic rings. The minimum Gasteiger partial charge on any atom is -0.506 e. The Morgan fingerprint density at radius 3 is 2.79 bits per heavy atom. The largest absolute Gasteiger partial charge is 0.506 e. The summed E-state index contributed by atoms with van der Waals surface area (Å²) in [7, 11) is 0. The Morgan fingerprint density at radius 2 is 2.29 bits per heavy atom. The van der Waals surface area contributed by atoms with E-state index in [1.807, 2.05) is 0 Å². The van der Waals surface area contributed by atoms with Crippen molar-refractivity contribution in [1.82, 2.24) is 4.98 Å². The van der Waals surface area contributed by atoms with Crippen molar-refractivity contribution in [2.45, 2.75) is 19.8 Å². The lowest BCUT2D eigenvalue weighted by Crippen LogP contribution is -1.98. The van der Waals surface area contributed by atoms with E-state index in [1.165, 1.54) is 6.92 Å². The number of rotatable bonds is 2. The summed E-state index contributed by atoms with van der Waals surface area (Å²) in [6, 6.07) is 2.75. The molecule has 3 nitrogen and oxygen atoms in total. The lowest BCUT2D eigenvalue weighted by Gasteiger charge is -2.07. The summed E-state index contributed by atoms with van der Waals surface area (Å²) < 4.78 is 24.6. The van der Waals surface area contributed by atoms with Crippen LogP contribution in [0.15, 0.2) is 6.07 Å². The molecule has 74 valence electrons. The highest BCUT2D eigenvalue weighted by molar-refractivity contribution is 5.36. The topological polar surface area (TPSA) is 56.9 Å². The van der Waals surface area contributed by atoms with Crippen LogP contribution < -0.4 is 0 Å². The van der Waals surface area contributed by atoms with Crippen molar-refractivity contribution in [3.8, 4) is 11.8 Å². The van der Waals surface area contributed by atoms with Crippen LogP contribution in [-0.2, 0) is 6.42 Å². The number of hydrogen-bond donors (Lipinski definition) is 1. The van der Waals surface area contributed by atoms with Gasteiger partial charge in [-0.1, -0.05) is 0 Å². The predicted octanol–water partition coefficient (Wildman–Crippen LogP) is 2.10. The monoisotopic (exact) mass is 198 g/mol. The molecule has 0 radical (unpaired) electrons. The van der Waals surface area contributed by atoms with E-state index >= 15 is 0 Å². The fourth-order valence-corrected chi connectivity index (χ4v) is 1.09. The van der Waals surface area contributed by atoms with Gasteiger partial charge in [-0.2, -0.15) is 5.26 Å². The van der Waals surface area contributed by atoms with Crippen molar-refractivity contribution in [1.29, 1.82) is 5.26 Å². The molecule has 0 aliphatic heterocycles. The number of hydrogen-bond acceptors (Lipinski definition) is 3. The van der Waals surface area contributed by atoms with Gasteiger partial charge in [-0.15, -0.1) is 0 Å². The van der Waals surface area contributed by atoms with Crippen molar-refractivity contribution in [2.24, 2.45) is 0 Å². The molecule has 1 rings (SSSR count). The minimum atomic E-state index is -2.66. The van der Waals surface area contributed by atoms with Crippen molar-refractivity contribution < 1.29 is 13.9 Å². The molecule has 0 bridgehead atoms. The van der Waals surface area contributed by atoms with Gasteiger partial charge in [0.2, 0.25) is 0 Å². The van der Waals surface area contributed by atoms with Crippen molar-refractivity contribution in [3.63, 3.8) is 0 Å². The second kappa shape index (κ2) is 4.01. The van der Waals surface area contributed by atoms with Gasteiger partial charge in [0, 0.05) is 11.3 Å². The van der Waals surface area contributed by atoms with Crippen LogP contribution in [-0.4, -0.2) is 10.1 Å². The van der Waals surface area contributed by atoms with Crippen LogP contribution in [0.4, 0.5) is 8.78 Å². The molecular weight excluding hydrogens is 190 g/mol. The number of aromatic nitrogens is 1. The SMILES string of the molecule is Cc1nc(CC#N)c(O)cc1C(F)F. The third-order valence-corrected chi connectivity index (χ3v) is 1.79. The van der Waals surface area contributed by atoms with Crippen molar-refractivity contribution in [3.05, 3.63) is 23.0 Å². The lowest BCUT2D eigenvalue weighted by molar-refractivity contribution is 0.149. The molecule has 0 spiro atoms. The number of nitriles is 1. The average molecular weight is 198 g/mol. The molecule has 0 aliphatic carbocycles.